The van der Waals surface area contributed by atoms with Gasteiger partial charge in [-0.1, -0.05) is 0 Å². The summed E-state index contributed by atoms with van der Waals surface area (Å²) in [5.74, 6) is 0.394. The molecule has 0 saturated carbocycles. The maximum Gasteiger partial charge on any atom is 0.225 e. The molecule has 106 valence electrons. The van der Waals surface area contributed by atoms with Gasteiger partial charge in [0.15, 0.2) is 11.6 Å². The standard InChI is InChI=1S/C13H22FN5/c1-10(9-19-6-4-5-7-19)16-13-15-8-11(14)12(17-13)18(2)3/h8,10H,4-7,9H2,1-3H3,(H,15,16,17). The van der Waals surface area contributed by atoms with Crippen LogP contribution in [0.2, 0.25) is 0 Å². The first-order valence-electron chi connectivity index (χ1n) is 6.75. The van der Waals surface area contributed by atoms with Crippen LogP contribution in [0.15, 0.2) is 6.20 Å². The van der Waals surface area contributed by atoms with Crippen molar-refractivity contribution in [3.05, 3.63) is 12.0 Å². The molecule has 19 heavy (non-hydrogen) atoms. The zero-order chi connectivity index (χ0) is 13.8. The first-order valence-corrected chi connectivity index (χ1v) is 6.75. The molecule has 1 N–H and O–H groups in total. The van der Waals surface area contributed by atoms with Gasteiger partial charge < -0.3 is 15.1 Å². The van der Waals surface area contributed by atoms with E-state index in [1.807, 2.05) is 0 Å². The molecule has 1 aromatic rings. The fourth-order valence-electron chi connectivity index (χ4n) is 2.36. The monoisotopic (exact) mass is 267 g/mol. The molecule has 6 heteroatoms. The van der Waals surface area contributed by atoms with E-state index in [0.717, 1.165) is 6.54 Å². The van der Waals surface area contributed by atoms with Crippen molar-refractivity contribution < 1.29 is 4.39 Å². The largest absolute Gasteiger partial charge is 0.360 e. The lowest BCUT2D eigenvalue weighted by atomic mass is 10.3. The third-order valence-electron chi connectivity index (χ3n) is 3.26. The van der Waals surface area contributed by atoms with Crippen molar-refractivity contribution in [2.75, 3.05) is 43.9 Å². The molecule has 5 nitrogen and oxygen atoms in total. The topological polar surface area (TPSA) is 44.3 Å². The summed E-state index contributed by atoms with van der Waals surface area (Å²) < 4.78 is 13.5. The van der Waals surface area contributed by atoms with Crippen LogP contribution in [0.25, 0.3) is 0 Å². The predicted octanol–water partition coefficient (Wildman–Crippen LogP) is 1.58. The summed E-state index contributed by atoms with van der Waals surface area (Å²) in [6.45, 7) is 5.40. The molecule has 1 unspecified atom stereocenters. The number of rotatable bonds is 5. The van der Waals surface area contributed by atoms with Crippen molar-refractivity contribution in [3.8, 4) is 0 Å². The first-order chi connectivity index (χ1) is 9.06. The van der Waals surface area contributed by atoms with E-state index in [1.54, 1.807) is 19.0 Å². The third-order valence-corrected chi connectivity index (χ3v) is 3.26. The molecule has 0 bridgehead atoms. The van der Waals surface area contributed by atoms with Gasteiger partial charge >= 0.3 is 0 Å². The molecule has 1 aliphatic heterocycles. The second-order valence-electron chi connectivity index (χ2n) is 5.31. The van der Waals surface area contributed by atoms with Gasteiger partial charge in [0.05, 0.1) is 6.20 Å². The molecule has 0 amide bonds. The zero-order valence-corrected chi connectivity index (χ0v) is 11.9. The van der Waals surface area contributed by atoms with Crippen LogP contribution >= 0.6 is 0 Å². The lowest BCUT2D eigenvalue weighted by Gasteiger charge is -2.21. The minimum atomic E-state index is -0.400. The lowest BCUT2D eigenvalue weighted by Crippen LogP contribution is -2.33. The Hall–Kier alpha value is -1.43. The van der Waals surface area contributed by atoms with Crippen molar-refractivity contribution in [1.82, 2.24) is 14.9 Å². The van der Waals surface area contributed by atoms with E-state index in [-0.39, 0.29) is 6.04 Å². The molecule has 1 saturated heterocycles. The minimum Gasteiger partial charge on any atom is -0.360 e. The van der Waals surface area contributed by atoms with Crippen LogP contribution in [0, 0.1) is 5.82 Å². The van der Waals surface area contributed by atoms with Crippen molar-refractivity contribution in [3.63, 3.8) is 0 Å². The Morgan fingerprint density at radius 1 is 1.42 bits per heavy atom. The molecule has 0 aromatic carbocycles. The van der Waals surface area contributed by atoms with Crippen molar-refractivity contribution in [2.24, 2.45) is 0 Å². The Labute approximate surface area is 113 Å². The smallest absolute Gasteiger partial charge is 0.225 e. The van der Waals surface area contributed by atoms with Crippen LogP contribution < -0.4 is 10.2 Å². The fraction of sp³-hybridized carbons (Fsp3) is 0.692. The van der Waals surface area contributed by atoms with Gasteiger partial charge in [0.1, 0.15) is 0 Å². The molecule has 2 heterocycles. The van der Waals surface area contributed by atoms with Gasteiger partial charge in [0.25, 0.3) is 0 Å². The van der Waals surface area contributed by atoms with Crippen molar-refractivity contribution in [1.29, 1.82) is 0 Å². The van der Waals surface area contributed by atoms with E-state index in [2.05, 4.69) is 27.1 Å². The van der Waals surface area contributed by atoms with Gasteiger partial charge in [0, 0.05) is 26.7 Å². The van der Waals surface area contributed by atoms with E-state index < -0.39 is 5.82 Å². The third kappa shape index (κ3) is 3.76. The number of anilines is 2. The van der Waals surface area contributed by atoms with Crippen LogP contribution in [-0.2, 0) is 0 Å². The Morgan fingerprint density at radius 2 is 2.11 bits per heavy atom. The van der Waals surface area contributed by atoms with Crippen LogP contribution in [-0.4, -0.2) is 54.6 Å². The number of hydrogen-bond acceptors (Lipinski definition) is 5. The molecular weight excluding hydrogens is 245 g/mol. The van der Waals surface area contributed by atoms with E-state index in [4.69, 9.17) is 0 Å². The zero-order valence-electron chi connectivity index (χ0n) is 11.9. The van der Waals surface area contributed by atoms with Crippen LogP contribution in [0.1, 0.15) is 19.8 Å². The van der Waals surface area contributed by atoms with E-state index in [1.165, 1.54) is 32.1 Å². The maximum absolute atomic E-state index is 13.5. The van der Waals surface area contributed by atoms with Crippen molar-refractivity contribution >= 4 is 11.8 Å². The highest BCUT2D eigenvalue weighted by molar-refractivity contribution is 5.42. The number of hydrogen-bond donors (Lipinski definition) is 1. The Bertz CT molecular complexity index is 417. The van der Waals surface area contributed by atoms with Crippen LogP contribution in [0.5, 0.6) is 0 Å². The Balaban J connectivity index is 1.96. The molecule has 2 rings (SSSR count). The quantitative estimate of drug-likeness (QED) is 0.877. The summed E-state index contributed by atoms with van der Waals surface area (Å²) in [6.07, 6.45) is 3.78. The van der Waals surface area contributed by atoms with Crippen LogP contribution in [0.4, 0.5) is 16.2 Å². The van der Waals surface area contributed by atoms with Gasteiger partial charge in [0.2, 0.25) is 5.95 Å². The highest BCUT2D eigenvalue weighted by Crippen LogP contribution is 2.15. The summed E-state index contributed by atoms with van der Waals surface area (Å²) in [7, 11) is 3.53. The van der Waals surface area contributed by atoms with Gasteiger partial charge in [-0.25, -0.2) is 9.37 Å². The van der Waals surface area contributed by atoms with Gasteiger partial charge in [-0.05, 0) is 32.9 Å². The number of halogens is 1. The molecule has 1 fully saturated rings. The molecular formula is C13H22FN5. The molecule has 0 radical (unpaired) electrons. The summed E-state index contributed by atoms with van der Waals surface area (Å²) >= 11 is 0. The molecule has 0 spiro atoms. The maximum atomic E-state index is 13.5. The number of nitrogens with zero attached hydrogens (tertiary/aromatic N) is 4. The van der Waals surface area contributed by atoms with Gasteiger partial charge in [-0.15, -0.1) is 0 Å². The summed E-state index contributed by atoms with van der Waals surface area (Å²) in [6, 6.07) is 0.249. The average molecular weight is 267 g/mol. The molecule has 1 aromatic heterocycles. The fourth-order valence-corrected chi connectivity index (χ4v) is 2.36. The number of likely N-dealkylation sites (tertiary alicyclic amines) is 1. The van der Waals surface area contributed by atoms with Crippen molar-refractivity contribution in [2.45, 2.75) is 25.8 Å². The number of aromatic nitrogens is 2. The SMILES string of the molecule is CC(CN1CCCC1)Nc1ncc(F)c(N(C)C)n1. The highest BCUT2D eigenvalue weighted by atomic mass is 19.1. The van der Waals surface area contributed by atoms with Gasteiger partial charge in [-0.3, -0.25) is 0 Å². The predicted molar refractivity (Wildman–Crippen MR) is 75.1 cm³/mol. The Morgan fingerprint density at radius 3 is 2.74 bits per heavy atom. The minimum absolute atomic E-state index is 0.249. The lowest BCUT2D eigenvalue weighted by molar-refractivity contribution is 0.327. The average Bonchev–Trinajstić information content (AvgIpc) is 2.84. The molecule has 0 aliphatic carbocycles. The normalized spacial score (nSPS) is 17.5. The first kappa shape index (κ1) is 14.0. The second-order valence-corrected chi connectivity index (χ2v) is 5.31. The van der Waals surface area contributed by atoms with Crippen LogP contribution in [0.3, 0.4) is 0 Å². The van der Waals surface area contributed by atoms with Gasteiger partial charge in [-0.2, -0.15) is 4.98 Å². The Kier molecular flexibility index (Phi) is 4.52. The molecule has 1 atom stereocenters. The molecule has 1 aliphatic rings. The second kappa shape index (κ2) is 6.14. The van der Waals surface area contributed by atoms with E-state index >= 15 is 0 Å². The van der Waals surface area contributed by atoms with E-state index in [0.29, 0.717) is 11.8 Å². The summed E-state index contributed by atoms with van der Waals surface area (Å²) in [4.78, 5) is 12.3. The van der Waals surface area contributed by atoms with E-state index in [9.17, 15) is 4.39 Å². The summed E-state index contributed by atoms with van der Waals surface area (Å²) in [5.41, 5.74) is 0. The number of nitrogens with one attached hydrogen (secondary N) is 1. The summed E-state index contributed by atoms with van der Waals surface area (Å²) in [5, 5.41) is 3.23. The highest BCUT2D eigenvalue weighted by Gasteiger charge is 2.16.